The van der Waals surface area contributed by atoms with E-state index < -0.39 is 5.60 Å². The number of nitrogens with zero attached hydrogens (tertiary/aromatic N) is 1. The summed E-state index contributed by atoms with van der Waals surface area (Å²) in [6.07, 6.45) is 4.30. The average Bonchev–Trinajstić information content (AvgIpc) is 2.82. The van der Waals surface area contributed by atoms with Crippen molar-refractivity contribution in [1.82, 2.24) is 4.90 Å². The van der Waals surface area contributed by atoms with Gasteiger partial charge in [0.25, 0.3) is 5.91 Å². The standard InChI is InChI=1S/C25H31NO5/c1-29-17-11-12-19(22(16-17)31-3)24(27)26-15-14-25(28)13-7-6-9-20(25)23(26)18-8-4-5-10-21(18)30-2/h4-5,8,10-12,16,20,23,28H,6-7,9,13-15H2,1-3H3/t20?,23-,25?/m0/s1. The number of hydrogen-bond donors (Lipinski definition) is 1. The van der Waals surface area contributed by atoms with Gasteiger partial charge in [-0.05, 0) is 37.5 Å². The summed E-state index contributed by atoms with van der Waals surface area (Å²) in [6, 6.07) is 12.8. The van der Waals surface area contributed by atoms with Crippen LogP contribution in [0.2, 0.25) is 0 Å². The van der Waals surface area contributed by atoms with Crippen LogP contribution in [0.5, 0.6) is 17.2 Å². The molecule has 2 aliphatic rings. The summed E-state index contributed by atoms with van der Waals surface area (Å²) in [7, 11) is 4.79. The number of hydrogen-bond acceptors (Lipinski definition) is 5. The first-order valence-corrected chi connectivity index (χ1v) is 10.9. The molecular weight excluding hydrogens is 394 g/mol. The Labute approximate surface area is 183 Å². The number of aliphatic hydroxyl groups is 1. The van der Waals surface area contributed by atoms with Crippen LogP contribution in [0.15, 0.2) is 42.5 Å². The second-order valence-corrected chi connectivity index (χ2v) is 8.46. The van der Waals surface area contributed by atoms with Crippen LogP contribution in [-0.4, -0.2) is 49.4 Å². The number of methoxy groups -OCH3 is 3. The zero-order chi connectivity index (χ0) is 22.0. The van der Waals surface area contributed by atoms with Crippen LogP contribution in [0.3, 0.4) is 0 Å². The van der Waals surface area contributed by atoms with Gasteiger partial charge >= 0.3 is 0 Å². The maximum atomic E-state index is 13.8. The quantitative estimate of drug-likeness (QED) is 0.777. The van der Waals surface area contributed by atoms with Crippen molar-refractivity contribution in [2.45, 2.75) is 43.7 Å². The molecule has 6 heteroatoms. The highest BCUT2D eigenvalue weighted by molar-refractivity contribution is 5.97. The van der Waals surface area contributed by atoms with Gasteiger partial charge in [0.1, 0.15) is 17.2 Å². The third-order valence-corrected chi connectivity index (χ3v) is 6.93. The molecule has 166 valence electrons. The Hall–Kier alpha value is -2.73. The number of ether oxygens (including phenoxy) is 3. The van der Waals surface area contributed by atoms with E-state index >= 15 is 0 Å². The van der Waals surface area contributed by atoms with Gasteiger partial charge in [-0.25, -0.2) is 0 Å². The van der Waals surface area contributed by atoms with Gasteiger partial charge in [-0.15, -0.1) is 0 Å². The molecule has 2 fully saturated rings. The van der Waals surface area contributed by atoms with E-state index in [-0.39, 0.29) is 17.9 Å². The highest BCUT2D eigenvalue weighted by Crippen LogP contribution is 2.51. The first-order valence-electron chi connectivity index (χ1n) is 10.9. The molecule has 1 N–H and O–H groups in total. The molecule has 1 saturated carbocycles. The predicted octanol–water partition coefficient (Wildman–Crippen LogP) is 4.22. The number of rotatable bonds is 5. The van der Waals surface area contributed by atoms with E-state index in [1.165, 1.54) is 0 Å². The SMILES string of the molecule is COc1ccc(C(=O)N2CCC3(O)CCCCC3[C@@H]2c2ccccc2OC)c(OC)c1. The van der Waals surface area contributed by atoms with E-state index in [1.54, 1.807) is 39.5 Å². The number of fused-ring (bicyclic) bond motifs is 1. The van der Waals surface area contributed by atoms with Crippen LogP contribution in [0, 0.1) is 5.92 Å². The molecule has 2 aromatic carbocycles. The number of likely N-dealkylation sites (tertiary alicyclic amines) is 1. The van der Waals surface area contributed by atoms with Gasteiger partial charge in [-0.1, -0.05) is 31.0 Å². The summed E-state index contributed by atoms with van der Waals surface area (Å²) in [6.45, 7) is 0.476. The number of carbonyl (C=O) groups excluding carboxylic acids is 1. The normalized spacial score (nSPS) is 25.5. The van der Waals surface area contributed by atoms with E-state index in [0.29, 0.717) is 30.0 Å². The van der Waals surface area contributed by atoms with E-state index in [4.69, 9.17) is 14.2 Å². The number of para-hydroxylation sites is 1. The summed E-state index contributed by atoms with van der Waals surface area (Å²) in [5.74, 6) is 1.70. The average molecular weight is 426 g/mol. The fraction of sp³-hybridized carbons (Fsp3) is 0.480. The van der Waals surface area contributed by atoms with Crippen molar-refractivity contribution in [2.24, 2.45) is 5.92 Å². The van der Waals surface area contributed by atoms with Gasteiger partial charge in [0, 0.05) is 24.1 Å². The van der Waals surface area contributed by atoms with Gasteiger partial charge < -0.3 is 24.2 Å². The molecule has 1 aliphatic heterocycles. The lowest BCUT2D eigenvalue weighted by Crippen LogP contribution is -2.56. The Balaban J connectivity index is 1.79. The second-order valence-electron chi connectivity index (χ2n) is 8.46. The molecule has 1 saturated heterocycles. The summed E-state index contributed by atoms with van der Waals surface area (Å²) in [5.41, 5.74) is 0.671. The monoisotopic (exact) mass is 425 g/mol. The number of piperidine rings is 1. The molecule has 0 bridgehead atoms. The van der Waals surface area contributed by atoms with Crippen molar-refractivity contribution < 1.29 is 24.1 Å². The summed E-state index contributed by atoms with van der Waals surface area (Å²) >= 11 is 0. The van der Waals surface area contributed by atoms with E-state index in [9.17, 15) is 9.90 Å². The summed E-state index contributed by atoms with van der Waals surface area (Å²) < 4.78 is 16.5. The summed E-state index contributed by atoms with van der Waals surface area (Å²) in [4.78, 5) is 15.7. The Morgan fingerprint density at radius 3 is 2.52 bits per heavy atom. The van der Waals surface area contributed by atoms with Crippen molar-refractivity contribution in [3.8, 4) is 17.2 Å². The van der Waals surface area contributed by atoms with Crippen LogP contribution in [0.25, 0.3) is 0 Å². The number of benzene rings is 2. The van der Waals surface area contributed by atoms with Crippen LogP contribution < -0.4 is 14.2 Å². The van der Waals surface area contributed by atoms with Gasteiger partial charge in [0.15, 0.2) is 0 Å². The number of carbonyl (C=O) groups is 1. The van der Waals surface area contributed by atoms with Gasteiger partial charge in [-0.2, -0.15) is 0 Å². The lowest BCUT2D eigenvalue weighted by Gasteiger charge is -2.52. The third kappa shape index (κ3) is 3.85. The molecular formula is C25H31NO5. The van der Waals surface area contributed by atoms with Crippen molar-refractivity contribution in [3.05, 3.63) is 53.6 Å². The summed E-state index contributed by atoms with van der Waals surface area (Å²) in [5, 5.41) is 11.5. The van der Waals surface area contributed by atoms with Crippen molar-refractivity contribution in [3.63, 3.8) is 0 Å². The molecule has 1 aliphatic carbocycles. The first kappa shape index (κ1) is 21.5. The lowest BCUT2D eigenvalue weighted by atomic mass is 9.66. The molecule has 1 heterocycles. The van der Waals surface area contributed by atoms with Crippen molar-refractivity contribution in [1.29, 1.82) is 0 Å². The number of amides is 1. The Bertz CT molecular complexity index is 945. The fourth-order valence-electron chi connectivity index (χ4n) is 5.34. The topological polar surface area (TPSA) is 68.2 Å². The third-order valence-electron chi connectivity index (χ3n) is 6.93. The predicted molar refractivity (Wildman–Crippen MR) is 118 cm³/mol. The molecule has 3 atom stereocenters. The van der Waals surface area contributed by atoms with Crippen molar-refractivity contribution >= 4 is 5.91 Å². The molecule has 2 aromatic rings. The largest absolute Gasteiger partial charge is 0.497 e. The molecule has 31 heavy (non-hydrogen) atoms. The zero-order valence-electron chi connectivity index (χ0n) is 18.5. The zero-order valence-corrected chi connectivity index (χ0v) is 18.5. The van der Waals surface area contributed by atoms with Crippen LogP contribution >= 0.6 is 0 Å². The van der Waals surface area contributed by atoms with Gasteiger partial charge in [-0.3, -0.25) is 4.79 Å². The van der Waals surface area contributed by atoms with Crippen LogP contribution in [-0.2, 0) is 0 Å². The Kier molecular flexibility index (Phi) is 6.10. The minimum atomic E-state index is -0.759. The smallest absolute Gasteiger partial charge is 0.258 e. The van der Waals surface area contributed by atoms with Crippen LogP contribution in [0.1, 0.15) is 54.1 Å². The Morgan fingerprint density at radius 1 is 1.00 bits per heavy atom. The molecule has 0 radical (unpaired) electrons. The maximum absolute atomic E-state index is 13.8. The second kappa shape index (κ2) is 8.79. The minimum absolute atomic E-state index is 0.0421. The Morgan fingerprint density at radius 2 is 1.77 bits per heavy atom. The first-order chi connectivity index (χ1) is 15.0. The molecule has 6 nitrogen and oxygen atoms in total. The van der Waals surface area contributed by atoms with Crippen molar-refractivity contribution in [2.75, 3.05) is 27.9 Å². The van der Waals surface area contributed by atoms with E-state index in [1.807, 2.05) is 29.2 Å². The molecule has 1 amide bonds. The molecule has 0 aromatic heterocycles. The molecule has 2 unspecified atom stereocenters. The molecule has 0 spiro atoms. The maximum Gasteiger partial charge on any atom is 0.258 e. The highest BCUT2D eigenvalue weighted by Gasteiger charge is 2.51. The van der Waals surface area contributed by atoms with Crippen LogP contribution in [0.4, 0.5) is 0 Å². The van der Waals surface area contributed by atoms with E-state index in [2.05, 4.69) is 0 Å². The fourth-order valence-corrected chi connectivity index (χ4v) is 5.34. The van der Waals surface area contributed by atoms with Gasteiger partial charge in [0.05, 0.1) is 38.5 Å². The van der Waals surface area contributed by atoms with E-state index in [0.717, 1.165) is 37.0 Å². The molecule has 4 rings (SSSR count). The van der Waals surface area contributed by atoms with Gasteiger partial charge in [0.2, 0.25) is 0 Å². The highest BCUT2D eigenvalue weighted by atomic mass is 16.5. The minimum Gasteiger partial charge on any atom is -0.497 e. The lowest BCUT2D eigenvalue weighted by molar-refractivity contribution is -0.115.